The van der Waals surface area contributed by atoms with Crippen LogP contribution in [0.25, 0.3) is 0 Å². The van der Waals surface area contributed by atoms with Crippen LogP contribution in [0.1, 0.15) is 70.6 Å². The molecule has 0 fully saturated rings. The van der Waals surface area contributed by atoms with E-state index in [1.165, 1.54) is 37.3 Å². The molecule has 0 saturated carbocycles. The highest BCUT2D eigenvalue weighted by Crippen LogP contribution is 2.22. The number of hydrogen-bond donors (Lipinski definition) is 5. The van der Waals surface area contributed by atoms with Crippen molar-refractivity contribution in [2.24, 2.45) is 5.92 Å². The van der Waals surface area contributed by atoms with Crippen molar-refractivity contribution in [3.63, 3.8) is 0 Å². The van der Waals surface area contributed by atoms with Gasteiger partial charge in [-0.1, -0.05) is 74.5 Å². The van der Waals surface area contributed by atoms with Gasteiger partial charge in [-0.3, -0.25) is 19.2 Å². The van der Waals surface area contributed by atoms with Gasteiger partial charge >= 0.3 is 0 Å². The molecular weight excluding hydrogens is 825 g/mol. The third-order valence-electron chi connectivity index (χ3n) is 9.82. The molecule has 62 heavy (non-hydrogen) atoms. The minimum absolute atomic E-state index is 0.0286. The molecule has 0 aliphatic heterocycles. The number of amides is 4. The summed E-state index contributed by atoms with van der Waals surface area (Å²) < 4.78 is 63.6. The standard InChI is InChI=1S/C45H55F2N5O9S/c1-28(2)41(45(57)48-24-30-13-9-7-10-14-30)51-44(56)40(60-5)23-39(53)38(26-61-25-31-17-35(46)22-36(47)18-31)50-43(55)34-19-33(20-37(21-34)52(4)27-62(6,58)59)42(54)49-29(3)32-15-11-8-12-16-32/h7-22,28-29,38-41,53H,23-27H2,1-6H3,(H,48,57)(H,49,54)(H,50,55)(H,51,56)/t29-,38+,39+,40-,41+/m1/s1. The van der Waals surface area contributed by atoms with Crippen LogP contribution in [-0.2, 0) is 42.1 Å². The van der Waals surface area contributed by atoms with E-state index in [9.17, 15) is 41.5 Å². The smallest absolute Gasteiger partial charge is 0.251 e. The van der Waals surface area contributed by atoms with Gasteiger partial charge in [0.1, 0.15) is 29.7 Å². The molecule has 4 aromatic rings. The fraction of sp³-hybridized carbons (Fsp3) is 0.378. The van der Waals surface area contributed by atoms with Crippen LogP contribution in [0.15, 0.2) is 97.1 Å². The van der Waals surface area contributed by atoms with Crippen LogP contribution >= 0.6 is 0 Å². The van der Waals surface area contributed by atoms with Crippen LogP contribution in [-0.4, -0.2) is 94.3 Å². The third kappa shape index (κ3) is 15.3. The molecule has 17 heteroatoms. The lowest BCUT2D eigenvalue weighted by atomic mass is 10.0. The predicted octanol–water partition coefficient (Wildman–Crippen LogP) is 4.43. The molecule has 0 aromatic heterocycles. The lowest BCUT2D eigenvalue weighted by Gasteiger charge is -2.28. The molecule has 334 valence electrons. The largest absolute Gasteiger partial charge is 0.391 e. The zero-order valence-electron chi connectivity index (χ0n) is 35.6. The number of sulfone groups is 1. The second kappa shape index (κ2) is 22.9. The van der Waals surface area contributed by atoms with Gasteiger partial charge < -0.3 is 40.7 Å². The maximum Gasteiger partial charge on any atom is 0.251 e. The van der Waals surface area contributed by atoms with Crippen LogP contribution in [0.2, 0.25) is 0 Å². The Morgan fingerprint density at radius 2 is 1.35 bits per heavy atom. The zero-order chi connectivity index (χ0) is 45.6. The van der Waals surface area contributed by atoms with Crippen LogP contribution in [0, 0.1) is 17.6 Å². The maximum atomic E-state index is 14.1. The second-order valence-corrected chi connectivity index (χ2v) is 17.6. The highest BCUT2D eigenvalue weighted by molar-refractivity contribution is 7.90. The number of ether oxygens (including phenoxy) is 2. The first-order valence-corrected chi connectivity index (χ1v) is 22.0. The highest BCUT2D eigenvalue weighted by atomic mass is 32.2. The number of carbonyl (C=O) groups is 4. The summed E-state index contributed by atoms with van der Waals surface area (Å²) in [5, 5.41) is 22.7. The Labute approximate surface area is 361 Å². The lowest BCUT2D eigenvalue weighted by molar-refractivity contribution is -0.137. The summed E-state index contributed by atoms with van der Waals surface area (Å²) in [5.74, 6) is -5.00. The van der Waals surface area contributed by atoms with E-state index in [1.54, 1.807) is 20.8 Å². The van der Waals surface area contributed by atoms with E-state index < -0.39 is 94.3 Å². The van der Waals surface area contributed by atoms with Crippen molar-refractivity contribution in [1.29, 1.82) is 0 Å². The Hall–Kier alpha value is -5.75. The number of aliphatic hydroxyl groups excluding tert-OH is 1. The molecule has 0 heterocycles. The molecule has 4 rings (SSSR count). The molecule has 0 saturated heterocycles. The van der Waals surface area contributed by atoms with E-state index in [2.05, 4.69) is 21.3 Å². The van der Waals surface area contributed by atoms with Gasteiger partial charge in [0.15, 0.2) is 9.84 Å². The van der Waals surface area contributed by atoms with Crippen LogP contribution in [0.3, 0.4) is 0 Å². The monoisotopic (exact) mass is 879 g/mol. The number of hydrogen-bond acceptors (Lipinski definition) is 10. The fourth-order valence-electron chi connectivity index (χ4n) is 6.49. The molecule has 14 nitrogen and oxygen atoms in total. The van der Waals surface area contributed by atoms with Crippen molar-refractivity contribution in [3.05, 3.63) is 137 Å². The third-order valence-corrected chi connectivity index (χ3v) is 10.7. The van der Waals surface area contributed by atoms with Crippen LogP contribution in [0.5, 0.6) is 0 Å². The molecule has 0 aliphatic carbocycles. The van der Waals surface area contributed by atoms with Gasteiger partial charge in [0.25, 0.3) is 11.8 Å². The normalized spacial score (nSPS) is 13.9. The summed E-state index contributed by atoms with van der Waals surface area (Å²) in [6.07, 6.45) is -2.27. The summed E-state index contributed by atoms with van der Waals surface area (Å²) in [7, 11) is -0.833. The van der Waals surface area contributed by atoms with Crippen molar-refractivity contribution in [3.8, 4) is 0 Å². The van der Waals surface area contributed by atoms with Crippen LogP contribution in [0.4, 0.5) is 14.5 Å². The van der Waals surface area contributed by atoms with Gasteiger partial charge in [0, 0.05) is 56.3 Å². The number of rotatable bonds is 22. The number of nitrogens with one attached hydrogen (secondary N) is 4. The minimum Gasteiger partial charge on any atom is -0.391 e. The Balaban J connectivity index is 1.59. The van der Waals surface area contributed by atoms with Crippen molar-refractivity contribution < 1.29 is 51.0 Å². The maximum absolute atomic E-state index is 14.1. The first kappa shape index (κ1) is 48.9. The minimum atomic E-state index is -3.55. The van der Waals surface area contributed by atoms with Crippen molar-refractivity contribution in [2.45, 2.75) is 70.7 Å². The topological polar surface area (TPSA) is 192 Å². The number of anilines is 1. The molecule has 4 amide bonds. The van der Waals surface area contributed by atoms with Gasteiger partial charge in [0.2, 0.25) is 11.8 Å². The number of aliphatic hydroxyl groups is 1. The molecule has 0 radical (unpaired) electrons. The molecule has 4 aromatic carbocycles. The number of methoxy groups -OCH3 is 1. The number of benzene rings is 4. The van der Waals surface area contributed by atoms with Gasteiger partial charge in [-0.2, -0.15) is 0 Å². The zero-order valence-corrected chi connectivity index (χ0v) is 36.4. The summed E-state index contributed by atoms with van der Waals surface area (Å²) in [4.78, 5) is 55.9. The van der Waals surface area contributed by atoms with E-state index in [1.807, 2.05) is 60.7 Å². The fourth-order valence-corrected chi connectivity index (χ4v) is 7.35. The van der Waals surface area contributed by atoms with E-state index >= 15 is 0 Å². The molecule has 0 unspecified atom stereocenters. The average Bonchev–Trinajstić information content (AvgIpc) is 3.22. The number of nitrogens with zero attached hydrogens (tertiary/aromatic N) is 1. The average molecular weight is 880 g/mol. The SMILES string of the molecule is CO[C@H](C[C@H](O)[C@H](COCc1cc(F)cc(F)c1)NC(=O)c1cc(C(=O)N[C@H](C)c2ccccc2)cc(N(C)CS(C)(=O)=O)c1)C(=O)N[C@H](C(=O)NCc1ccccc1)C(C)C. The van der Waals surface area contributed by atoms with Gasteiger partial charge in [-0.15, -0.1) is 0 Å². The Morgan fingerprint density at radius 3 is 1.92 bits per heavy atom. The highest BCUT2D eigenvalue weighted by Gasteiger charge is 2.32. The van der Waals surface area contributed by atoms with E-state index in [0.717, 1.165) is 29.5 Å². The van der Waals surface area contributed by atoms with Crippen molar-refractivity contribution in [1.82, 2.24) is 21.3 Å². The van der Waals surface area contributed by atoms with Gasteiger partial charge in [0.05, 0.1) is 31.4 Å². The molecule has 5 N–H and O–H groups in total. The Kier molecular flexibility index (Phi) is 18.1. The quantitative estimate of drug-likeness (QED) is 0.0755. The predicted molar refractivity (Wildman–Crippen MR) is 231 cm³/mol. The Bertz CT molecular complexity index is 2230. The molecule has 0 aliphatic rings. The Morgan fingerprint density at radius 1 is 0.774 bits per heavy atom. The van der Waals surface area contributed by atoms with Gasteiger partial charge in [-0.25, -0.2) is 17.2 Å². The molecule has 0 bridgehead atoms. The summed E-state index contributed by atoms with van der Waals surface area (Å²) in [5.41, 5.74) is 1.95. The number of carbonyl (C=O) groups excluding carboxylic acids is 4. The van der Waals surface area contributed by atoms with E-state index in [0.29, 0.717) is 6.07 Å². The summed E-state index contributed by atoms with van der Waals surface area (Å²) in [6.45, 7) is 4.75. The van der Waals surface area contributed by atoms with E-state index in [4.69, 9.17) is 9.47 Å². The summed E-state index contributed by atoms with van der Waals surface area (Å²) in [6, 6.07) is 22.6. The van der Waals surface area contributed by atoms with E-state index in [-0.39, 0.29) is 41.4 Å². The first-order valence-electron chi connectivity index (χ1n) is 19.9. The molecule has 5 atom stereocenters. The summed E-state index contributed by atoms with van der Waals surface area (Å²) >= 11 is 0. The number of halogens is 2. The van der Waals surface area contributed by atoms with Crippen LogP contribution < -0.4 is 26.2 Å². The molecule has 0 spiro atoms. The molecular formula is C45H55F2N5O9S. The van der Waals surface area contributed by atoms with Crippen molar-refractivity contribution in [2.75, 3.05) is 37.8 Å². The first-order chi connectivity index (χ1) is 29.3. The van der Waals surface area contributed by atoms with Gasteiger partial charge in [-0.05, 0) is 59.9 Å². The lowest BCUT2D eigenvalue weighted by Crippen LogP contribution is -2.54. The second-order valence-electron chi connectivity index (χ2n) is 15.5. The van der Waals surface area contributed by atoms with Crippen molar-refractivity contribution >= 4 is 39.2 Å².